The summed E-state index contributed by atoms with van der Waals surface area (Å²) in [6, 6.07) is 10.7. The van der Waals surface area contributed by atoms with Crippen LogP contribution in [0.1, 0.15) is 18.5 Å². The van der Waals surface area contributed by atoms with Crippen molar-refractivity contribution in [2.24, 2.45) is 0 Å². The van der Waals surface area contributed by atoms with Crippen molar-refractivity contribution in [3.63, 3.8) is 0 Å². The van der Waals surface area contributed by atoms with Crippen LogP contribution in [0.2, 0.25) is 0 Å². The maximum atomic E-state index is 5.51. The van der Waals surface area contributed by atoms with Crippen molar-refractivity contribution in [1.29, 1.82) is 0 Å². The summed E-state index contributed by atoms with van der Waals surface area (Å²) in [7, 11) is 1.75. The molecule has 5 nitrogen and oxygen atoms in total. The van der Waals surface area contributed by atoms with Gasteiger partial charge >= 0.3 is 0 Å². The van der Waals surface area contributed by atoms with Gasteiger partial charge in [-0.05, 0) is 19.1 Å². The zero-order valence-corrected chi connectivity index (χ0v) is 14.1. The van der Waals surface area contributed by atoms with Crippen molar-refractivity contribution in [3.8, 4) is 5.75 Å². The lowest BCUT2D eigenvalue weighted by atomic mass is 10.0. The number of nitrogens with zero attached hydrogens (tertiary/aromatic N) is 4. The molecule has 0 spiro atoms. The minimum absolute atomic E-state index is 0.388. The number of benzene rings is 1. The minimum Gasteiger partial charge on any atom is -0.496 e. The SMILES string of the molecule is COc1ccccc1[C@@H](C)N1CCN(CCn2cccn2)CC1. The number of ether oxygens (including phenoxy) is 1. The van der Waals surface area contributed by atoms with E-state index in [0.717, 1.165) is 45.0 Å². The fourth-order valence-electron chi connectivity index (χ4n) is 3.26. The predicted molar refractivity (Wildman–Crippen MR) is 91.6 cm³/mol. The van der Waals surface area contributed by atoms with Gasteiger partial charge in [-0.1, -0.05) is 18.2 Å². The Balaban J connectivity index is 1.52. The second kappa shape index (κ2) is 7.62. The smallest absolute Gasteiger partial charge is 0.123 e. The molecule has 1 aromatic heterocycles. The van der Waals surface area contributed by atoms with E-state index in [1.165, 1.54) is 5.56 Å². The fraction of sp³-hybridized carbons (Fsp3) is 0.500. The number of methoxy groups -OCH3 is 1. The van der Waals surface area contributed by atoms with Gasteiger partial charge in [-0.15, -0.1) is 0 Å². The van der Waals surface area contributed by atoms with Gasteiger partial charge in [0.15, 0.2) is 0 Å². The summed E-state index contributed by atoms with van der Waals surface area (Å²) in [5.74, 6) is 0.987. The van der Waals surface area contributed by atoms with Crippen molar-refractivity contribution >= 4 is 0 Å². The predicted octanol–water partition coefficient (Wildman–Crippen LogP) is 2.27. The second-order valence-corrected chi connectivity index (χ2v) is 6.06. The van der Waals surface area contributed by atoms with E-state index in [9.17, 15) is 0 Å². The Morgan fingerprint density at radius 3 is 2.57 bits per heavy atom. The number of rotatable bonds is 6. The molecular formula is C18H26N4O. The van der Waals surface area contributed by atoms with E-state index in [1.807, 2.05) is 35.3 Å². The number of piperazine rings is 1. The molecule has 0 unspecified atom stereocenters. The molecule has 0 radical (unpaired) electrons. The summed E-state index contributed by atoms with van der Waals surface area (Å²) in [5, 5.41) is 4.27. The molecule has 2 heterocycles. The molecule has 0 aliphatic carbocycles. The maximum Gasteiger partial charge on any atom is 0.123 e. The van der Waals surface area contributed by atoms with E-state index in [4.69, 9.17) is 4.74 Å². The van der Waals surface area contributed by atoms with Gasteiger partial charge in [0.1, 0.15) is 5.75 Å². The highest BCUT2D eigenvalue weighted by molar-refractivity contribution is 5.35. The van der Waals surface area contributed by atoms with Gasteiger partial charge in [-0.25, -0.2) is 0 Å². The van der Waals surface area contributed by atoms with Gasteiger partial charge in [0, 0.05) is 56.7 Å². The second-order valence-electron chi connectivity index (χ2n) is 6.06. The molecule has 1 atom stereocenters. The molecule has 0 N–H and O–H groups in total. The van der Waals surface area contributed by atoms with E-state index >= 15 is 0 Å². The largest absolute Gasteiger partial charge is 0.496 e. The highest BCUT2D eigenvalue weighted by Gasteiger charge is 2.23. The summed E-state index contributed by atoms with van der Waals surface area (Å²) in [5.41, 5.74) is 1.28. The monoisotopic (exact) mass is 314 g/mol. The molecule has 1 aliphatic rings. The van der Waals surface area contributed by atoms with Gasteiger partial charge < -0.3 is 4.74 Å². The molecule has 1 saturated heterocycles. The summed E-state index contributed by atoms with van der Waals surface area (Å²) in [6.45, 7) is 8.73. The minimum atomic E-state index is 0.388. The Labute approximate surface area is 138 Å². The first-order chi connectivity index (χ1) is 11.3. The van der Waals surface area contributed by atoms with Crippen molar-refractivity contribution in [2.75, 3.05) is 39.8 Å². The third-order valence-corrected chi connectivity index (χ3v) is 4.75. The maximum absolute atomic E-state index is 5.51. The van der Waals surface area contributed by atoms with Crippen LogP contribution in [0.5, 0.6) is 5.75 Å². The zero-order valence-electron chi connectivity index (χ0n) is 14.1. The number of hydrogen-bond acceptors (Lipinski definition) is 4. The molecule has 2 aromatic rings. The number of hydrogen-bond donors (Lipinski definition) is 0. The van der Waals surface area contributed by atoms with E-state index < -0.39 is 0 Å². The Hall–Kier alpha value is -1.85. The number of para-hydroxylation sites is 1. The lowest BCUT2D eigenvalue weighted by molar-refractivity contribution is 0.0982. The van der Waals surface area contributed by atoms with Crippen molar-refractivity contribution in [1.82, 2.24) is 19.6 Å². The lowest BCUT2D eigenvalue weighted by Gasteiger charge is -2.38. The third kappa shape index (κ3) is 3.92. The summed E-state index contributed by atoms with van der Waals surface area (Å²) in [4.78, 5) is 5.06. The molecular weight excluding hydrogens is 288 g/mol. The van der Waals surface area contributed by atoms with Crippen LogP contribution in [0.15, 0.2) is 42.7 Å². The summed E-state index contributed by atoms with van der Waals surface area (Å²) >= 11 is 0. The fourth-order valence-corrected chi connectivity index (χ4v) is 3.26. The third-order valence-electron chi connectivity index (χ3n) is 4.75. The van der Waals surface area contributed by atoms with E-state index in [1.54, 1.807) is 7.11 Å². The molecule has 1 fully saturated rings. The molecule has 3 rings (SSSR count). The highest BCUT2D eigenvalue weighted by Crippen LogP contribution is 2.29. The average molecular weight is 314 g/mol. The summed E-state index contributed by atoms with van der Waals surface area (Å²) < 4.78 is 7.52. The Morgan fingerprint density at radius 1 is 1.09 bits per heavy atom. The first-order valence-corrected chi connectivity index (χ1v) is 8.34. The zero-order chi connectivity index (χ0) is 16.1. The lowest BCUT2D eigenvalue weighted by Crippen LogP contribution is -2.47. The quantitative estimate of drug-likeness (QED) is 0.819. The Bertz CT molecular complexity index is 591. The van der Waals surface area contributed by atoms with E-state index in [0.29, 0.717) is 6.04 Å². The van der Waals surface area contributed by atoms with Crippen LogP contribution in [-0.2, 0) is 6.54 Å². The summed E-state index contributed by atoms with van der Waals surface area (Å²) in [6.07, 6.45) is 3.87. The topological polar surface area (TPSA) is 33.5 Å². The molecule has 0 saturated carbocycles. The molecule has 5 heteroatoms. The normalized spacial score (nSPS) is 18.0. The highest BCUT2D eigenvalue weighted by atomic mass is 16.5. The molecule has 0 amide bonds. The first kappa shape index (κ1) is 16.0. The van der Waals surface area contributed by atoms with E-state index in [-0.39, 0.29) is 0 Å². The molecule has 23 heavy (non-hydrogen) atoms. The van der Waals surface area contributed by atoms with Crippen LogP contribution in [0.4, 0.5) is 0 Å². The van der Waals surface area contributed by atoms with Gasteiger partial charge in [-0.2, -0.15) is 5.10 Å². The van der Waals surface area contributed by atoms with Gasteiger partial charge in [0.05, 0.1) is 13.7 Å². The number of aromatic nitrogens is 2. The Kier molecular flexibility index (Phi) is 5.31. The van der Waals surface area contributed by atoms with Crippen molar-refractivity contribution in [2.45, 2.75) is 19.5 Å². The van der Waals surface area contributed by atoms with Crippen LogP contribution >= 0.6 is 0 Å². The van der Waals surface area contributed by atoms with Crippen molar-refractivity contribution in [3.05, 3.63) is 48.3 Å². The van der Waals surface area contributed by atoms with Gasteiger partial charge in [0.2, 0.25) is 0 Å². The Morgan fingerprint density at radius 2 is 1.87 bits per heavy atom. The first-order valence-electron chi connectivity index (χ1n) is 8.34. The molecule has 0 bridgehead atoms. The van der Waals surface area contributed by atoms with Crippen LogP contribution in [0, 0.1) is 0 Å². The van der Waals surface area contributed by atoms with Crippen molar-refractivity contribution < 1.29 is 4.74 Å². The van der Waals surface area contributed by atoms with Crippen LogP contribution in [0.25, 0.3) is 0 Å². The molecule has 124 valence electrons. The molecule has 1 aliphatic heterocycles. The van der Waals surface area contributed by atoms with E-state index in [2.05, 4.69) is 34.0 Å². The standard InChI is InChI=1S/C18H26N4O/c1-16(17-6-3-4-7-18(17)23-2)21-13-10-20(11-14-21)12-15-22-9-5-8-19-22/h3-9,16H,10-15H2,1-2H3/t16-/m1/s1. The van der Waals surface area contributed by atoms with Gasteiger partial charge in [0.25, 0.3) is 0 Å². The van der Waals surface area contributed by atoms with Gasteiger partial charge in [-0.3, -0.25) is 14.5 Å². The average Bonchev–Trinajstić information content (AvgIpc) is 3.13. The van der Waals surface area contributed by atoms with Crippen LogP contribution in [0.3, 0.4) is 0 Å². The van der Waals surface area contributed by atoms with Crippen LogP contribution < -0.4 is 4.74 Å². The molecule has 1 aromatic carbocycles. The van der Waals surface area contributed by atoms with Crippen LogP contribution in [-0.4, -0.2) is 59.4 Å².